The second-order valence-corrected chi connectivity index (χ2v) is 28.3. The summed E-state index contributed by atoms with van der Waals surface area (Å²) in [7, 11) is 0. The van der Waals surface area contributed by atoms with E-state index in [-0.39, 0.29) is 0 Å². The third-order valence-electron chi connectivity index (χ3n) is 18.6. The van der Waals surface area contributed by atoms with E-state index in [2.05, 4.69) is 327 Å². The van der Waals surface area contributed by atoms with Crippen LogP contribution in [0.1, 0.15) is 11.1 Å². The van der Waals surface area contributed by atoms with Crippen LogP contribution >= 0.6 is 45.3 Å². The fourth-order valence-electron chi connectivity index (χ4n) is 14.1. The van der Waals surface area contributed by atoms with Gasteiger partial charge in [-0.05, 0) is 168 Å². The van der Waals surface area contributed by atoms with Crippen LogP contribution in [-0.4, -0.2) is 0 Å². The lowest BCUT2D eigenvalue weighted by Gasteiger charge is -2.30. The standard InChI is InChI=1S/C86H56N2S4/c1-53-49-57(37-45-75(53)87(61-41-33-55(34-42-61)59-39-47-83-73(51-59)67-21-7-11-29-79(67)89-83)77-27-9-3-17-63(77)69-23-15-25-71-65-19-5-13-31-81(65)91-85(69)71)58-38-46-76(54(2)50-58)88(62-43-35-56(36-44-62)60-40-48-84-74(52-60)68-22-8-12-30-80(68)90-84)78-28-10-4-18-64(78)70-24-16-26-72-66-20-6-14-32-82(66)92-86(70)72/h3-52H,1-2H3. The Bertz CT molecular complexity index is 5570. The molecule has 0 aliphatic heterocycles. The van der Waals surface area contributed by atoms with Gasteiger partial charge in [0.1, 0.15) is 0 Å². The Morgan fingerprint density at radius 3 is 0.924 bits per heavy atom. The first-order valence-electron chi connectivity index (χ1n) is 31.3. The van der Waals surface area contributed by atoms with Crippen molar-refractivity contribution in [3.05, 3.63) is 314 Å². The summed E-state index contributed by atoms with van der Waals surface area (Å²) in [5, 5.41) is 10.4. The zero-order valence-electron chi connectivity index (χ0n) is 50.4. The first-order chi connectivity index (χ1) is 45.4. The van der Waals surface area contributed by atoms with Crippen molar-refractivity contribution in [2.45, 2.75) is 13.8 Å². The second kappa shape index (κ2) is 22.2. The minimum atomic E-state index is 1.09. The monoisotopic (exact) mass is 1240 g/mol. The van der Waals surface area contributed by atoms with E-state index >= 15 is 0 Å². The Morgan fingerprint density at radius 1 is 0.207 bits per heavy atom. The predicted molar refractivity (Wildman–Crippen MR) is 404 cm³/mol. The summed E-state index contributed by atoms with van der Waals surface area (Å²) in [4.78, 5) is 4.97. The van der Waals surface area contributed by atoms with E-state index in [1.54, 1.807) is 0 Å². The molecule has 0 spiro atoms. The molecule has 0 unspecified atom stereocenters. The van der Waals surface area contributed by atoms with E-state index in [9.17, 15) is 0 Å². The molecule has 0 saturated heterocycles. The maximum atomic E-state index is 2.48. The van der Waals surface area contributed by atoms with Crippen LogP contribution in [0.25, 0.3) is 136 Å². The molecule has 0 aliphatic carbocycles. The van der Waals surface area contributed by atoms with Gasteiger partial charge in [0.2, 0.25) is 0 Å². The average Bonchev–Trinajstić information content (AvgIpc) is 1.42. The van der Waals surface area contributed by atoms with Crippen LogP contribution in [0.4, 0.5) is 34.1 Å². The van der Waals surface area contributed by atoms with Gasteiger partial charge in [-0.3, -0.25) is 0 Å². The lowest BCUT2D eigenvalue weighted by atomic mass is 9.96. The topological polar surface area (TPSA) is 6.48 Å². The van der Waals surface area contributed by atoms with Crippen molar-refractivity contribution in [2.75, 3.05) is 9.80 Å². The molecule has 14 aromatic carbocycles. The summed E-state index contributed by atoms with van der Waals surface area (Å²) < 4.78 is 10.5. The van der Waals surface area contributed by atoms with Crippen LogP contribution in [0.3, 0.4) is 0 Å². The fraction of sp³-hybridized carbons (Fsp3) is 0.0233. The van der Waals surface area contributed by atoms with E-state index in [1.807, 2.05) is 45.3 Å². The summed E-state index contributed by atoms with van der Waals surface area (Å²) in [6.45, 7) is 4.55. The van der Waals surface area contributed by atoms with E-state index in [0.717, 1.165) is 34.1 Å². The zero-order valence-corrected chi connectivity index (χ0v) is 53.7. The number of rotatable bonds is 11. The van der Waals surface area contributed by atoms with Gasteiger partial charge in [0.15, 0.2) is 0 Å². The molecule has 0 atom stereocenters. The van der Waals surface area contributed by atoms with Crippen molar-refractivity contribution >= 4 is 160 Å². The van der Waals surface area contributed by atoms with Crippen molar-refractivity contribution in [3.8, 4) is 55.6 Å². The lowest BCUT2D eigenvalue weighted by molar-refractivity contribution is 1.25. The fourth-order valence-corrected chi connectivity index (χ4v) is 18.7. The number of anilines is 6. The van der Waals surface area contributed by atoms with Crippen molar-refractivity contribution in [2.24, 2.45) is 0 Å². The molecule has 2 nitrogen and oxygen atoms in total. The van der Waals surface area contributed by atoms with Crippen LogP contribution in [0.5, 0.6) is 0 Å². The number of thiophene rings is 4. The van der Waals surface area contributed by atoms with Crippen molar-refractivity contribution in [3.63, 3.8) is 0 Å². The van der Waals surface area contributed by atoms with E-state index < -0.39 is 0 Å². The van der Waals surface area contributed by atoms with Gasteiger partial charge in [-0.15, -0.1) is 45.3 Å². The highest BCUT2D eigenvalue weighted by molar-refractivity contribution is 7.27. The highest BCUT2D eigenvalue weighted by Gasteiger charge is 2.25. The molecule has 0 N–H and O–H groups in total. The van der Waals surface area contributed by atoms with Gasteiger partial charge in [0.05, 0.1) is 11.4 Å². The SMILES string of the molecule is Cc1cc(-c2ccc(N(c3ccc(-c4ccc5sc6ccccc6c5c4)cc3)c3ccccc3-c3cccc4c3sc3ccccc34)c(C)c2)ccc1N(c1ccc(-c2ccc3sc4ccccc4c3c2)cc1)c1ccccc1-c1cccc2c1sc1ccccc12. The molecule has 0 aliphatic rings. The van der Waals surface area contributed by atoms with Crippen LogP contribution in [-0.2, 0) is 0 Å². The Morgan fingerprint density at radius 2 is 0.511 bits per heavy atom. The Hall–Kier alpha value is -10.4. The predicted octanol–water partition coefficient (Wildman–Crippen LogP) is 27.0. The van der Waals surface area contributed by atoms with E-state index in [0.29, 0.717) is 0 Å². The first kappa shape index (κ1) is 54.5. The Balaban J connectivity index is 0.747. The quantitative estimate of drug-likeness (QED) is 0.127. The largest absolute Gasteiger partial charge is 0.310 e. The molecule has 4 aromatic heterocycles. The normalized spacial score (nSPS) is 11.8. The van der Waals surface area contributed by atoms with Gasteiger partial charge in [0, 0.05) is 126 Å². The molecule has 6 heteroatoms. The van der Waals surface area contributed by atoms with E-state index in [1.165, 1.54) is 147 Å². The molecule has 0 amide bonds. The van der Waals surface area contributed by atoms with Gasteiger partial charge in [-0.1, -0.05) is 194 Å². The number of hydrogen-bond acceptors (Lipinski definition) is 6. The van der Waals surface area contributed by atoms with Crippen LogP contribution < -0.4 is 9.80 Å². The molecule has 0 bridgehead atoms. The maximum absolute atomic E-state index is 2.48. The molecule has 18 aromatic rings. The molecular weight excluding hydrogens is 1190 g/mol. The van der Waals surface area contributed by atoms with Crippen molar-refractivity contribution in [1.82, 2.24) is 0 Å². The Labute approximate surface area is 549 Å². The number of hydrogen-bond donors (Lipinski definition) is 0. The van der Waals surface area contributed by atoms with Gasteiger partial charge < -0.3 is 9.80 Å². The molecule has 4 heterocycles. The summed E-state index contributed by atoms with van der Waals surface area (Å²) in [5.74, 6) is 0. The molecule has 18 rings (SSSR count). The molecule has 434 valence electrons. The van der Waals surface area contributed by atoms with Crippen LogP contribution in [0.2, 0.25) is 0 Å². The summed E-state index contributed by atoms with van der Waals surface area (Å²) in [5.41, 5.74) is 21.0. The number of para-hydroxylation sites is 2. The number of aryl methyl sites for hydroxylation is 2. The Kier molecular flexibility index (Phi) is 13.1. The number of benzene rings is 14. The third-order valence-corrected chi connectivity index (χ3v) is 23.3. The maximum Gasteiger partial charge on any atom is 0.0540 e. The number of nitrogens with zero attached hydrogens (tertiary/aromatic N) is 2. The lowest BCUT2D eigenvalue weighted by Crippen LogP contribution is -2.13. The minimum Gasteiger partial charge on any atom is -0.310 e. The second-order valence-electron chi connectivity index (χ2n) is 24.0. The molecule has 0 saturated carbocycles. The summed E-state index contributed by atoms with van der Waals surface area (Å²) >= 11 is 7.49. The van der Waals surface area contributed by atoms with Crippen molar-refractivity contribution in [1.29, 1.82) is 0 Å². The highest BCUT2D eigenvalue weighted by atomic mass is 32.1. The average molecular weight is 1250 g/mol. The first-order valence-corrected chi connectivity index (χ1v) is 34.5. The highest BCUT2D eigenvalue weighted by Crippen LogP contribution is 2.51. The third kappa shape index (κ3) is 9.16. The minimum absolute atomic E-state index is 1.09. The van der Waals surface area contributed by atoms with Gasteiger partial charge in [-0.2, -0.15) is 0 Å². The number of fused-ring (bicyclic) bond motifs is 12. The smallest absolute Gasteiger partial charge is 0.0540 e. The van der Waals surface area contributed by atoms with Crippen LogP contribution in [0, 0.1) is 13.8 Å². The van der Waals surface area contributed by atoms with Gasteiger partial charge in [-0.25, -0.2) is 0 Å². The summed E-state index contributed by atoms with van der Waals surface area (Å²) in [6, 6.07) is 113. The van der Waals surface area contributed by atoms with Crippen molar-refractivity contribution < 1.29 is 0 Å². The van der Waals surface area contributed by atoms with Gasteiger partial charge in [0.25, 0.3) is 0 Å². The molecule has 0 radical (unpaired) electrons. The molecule has 92 heavy (non-hydrogen) atoms. The summed E-state index contributed by atoms with van der Waals surface area (Å²) in [6.07, 6.45) is 0. The molecule has 0 fully saturated rings. The van der Waals surface area contributed by atoms with Gasteiger partial charge >= 0.3 is 0 Å². The van der Waals surface area contributed by atoms with E-state index in [4.69, 9.17) is 0 Å². The zero-order chi connectivity index (χ0) is 61.0. The molecular formula is C86H56N2S4. The van der Waals surface area contributed by atoms with Crippen LogP contribution in [0.15, 0.2) is 303 Å².